The van der Waals surface area contributed by atoms with Crippen molar-refractivity contribution in [2.75, 3.05) is 5.32 Å². The summed E-state index contributed by atoms with van der Waals surface area (Å²) in [6, 6.07) is 6.27. The number of amides is 1. The topological polar surface area (TPSA) is 55.1 Å². The molecule has 0 heterocycles. The average molecular weight is 288 g/mol. The molecule has 1 aromatic carbocycles. The maximum Gasteiger partial charge on any atom is 0.228 e. The van der Waals surface area contributed by atoms with Crippen LogP contribution >= 0.6 is 0 Å². The molecule has 1 amide bonds. The van der Waals surface area contributed by atoms with Crippen LogP contribution in [0.25, 0.3) is 0 Å². The normalized spacial score (nSPS) is 28.2. The molecule has 1 fully saturated rings. The van der Waals surface area contributed by atoms with E-state index in [4.69, 9.17) is 5.73 Å². The van der Waals surface area contributed by atoms with Gasteiger partial charge in [0, 0.05) is 17.6 Å². The highest BCUT2D eigenvalue weighted by Gasteiger charge is 2.44. The van der Waals surface area contributed by atoms with Crippen molar-refractivity contribution in [3.05, 3.63) is 29.3 Å². The fourth-order valence-corrected chi connectivity index (χ4v) is 3.37. The van der Waals surface area contributed by atoms with E-state index in [1.807, 2.05) is 12.1 Å². The summed E-state index contributed by atoms with van der Waals surface area (Å²) in [6.45, 7) is 10.6. The van der Waals surface area contributed by atoms with Crippen LogP contribution in [0, 0.1) is 31.1 Å². The molecule has 116 valence electrons. The lowest BCUT2D eigenvalue weighted by Crippen LogP contribution is -2.50. The van der Waals surface area contributed by atoms with Gasteiger partial charge in [-0.1, -0.05) is 26.8 Å². The Morgan fingerprint density at radius 1 is 1.24 bits per heavy atom. The van der Waals surface area contributed by atoms with E-state index in [9.17, 15) is 4.79 Å². The Morgan fingerprint density at radius 3 is 2.52 bits per heavy atom. The molecule has 3 atom stereocenters. The molecule has 0 aliphatic heterocycles. The number of carbonyl (C=O) groups excluding carboxylic acids is 1. The Labute approximate surface area is 128 Å². The molecule has 1 aliphatic carbocycles. The van der Waals surface area contributed by atoms with Gasteiger partial charge in [0.25, 0.3) is 0 Å². The molecule has 3 unspecified atom stereocenters. The Morgan fingerprint density at radius 2 is 1.90 bits per heavy atom. The molecule has 0 bridgehead atoms. The van der Waals surface area contributed by atoms with Gasteiger partial charge in [0.1, 0.15) is 0 Å². The van der Waals surface area contributed by atoms with E-state index in [1.165, 1.54) is 11.1 Å². The van der Waals surface area contributed by atoms with Crippen LogP contribution < -0.4 is 11.1 Å². The van der Waals surface area contributed by atoms with Crippen LogP contribution in [0.5, 0.6) is 0 Å². The average Bonchev–Trinajstić information content (AvgIpc) is 2.40. The highest BCUT2D eigenvalue weighted by molar-refractivity contribution is 5.93. The van der Waals surface area contributed by atoms with Crippen LogP contribution in [0.15, 0.2) is 18.2 Å². The van der Waals surface area contributed by atoms with Crippen molar-refractivity contribution in [2.24, 2.45) is 23.0 Å². The van der Waals surface area contributed by atoms with Gasteiger partial charge < -0.3 is 11.1 Å². The maximum atomic E-state index is 12.7. The molecule has 1 saturated carbocycles. The molecule has 0 radical (unpaired) electrons. The van der Waals surface area contributed by atoms with Gasteiger partial charge in [0.05, 0.1) is 0 Å². The highest BCUT2D eigenvalue weighted by Crippen LogP contribution is 2.44. The van der Waals surface area contributed by atoms with Gasteiger partial charge in [-0.2, -0.15) is 0 Å². The largest absolute Gasteiger partial charge is 0.327 e. The summed E-state index contributed by atoms with van der Waals surface area (Å²) in [5.74, 6) is 0.498. The minimum Gasteiger partial charge on any atom is -0.327 e. The van der Waals surface area contributed by atoms with Gasteiger partial charge in [0.15, 0.2) is 0 Å². The summed E-state index contributed by atoms with van der Waals surface area (Å²) < 4.78 is 0. The number of hydrogen-bond donors (Lipinski definition) is 2. The molecule has 0 aromatic heterocycles. The van der Waals surface area contributed by atoms with Gasteiger partial charge in [-0.15, -0.1) is 0 Å². The summed E-state index contributed by atoms with van der Waals surface area (Å²) in [4.78, 5) is 12.7. The molecule has 21 heavy (non-hydrogen) atoms. The molecule has 1 aromatic rings. The fourth-order valence-electron chi connectivity index (χ4n) is 3.37. The van der Waals surface area contributed by atoms with Crippen molar-refractivity contribution in [1.82, 2.24) is 0 Å². The zero-order valence-corrected chi connectivity index (χ0v) is 13.9. The standard InChI is InChI=1S/C18H28N2O/c1-11-6-7-14(10-12(11)2)20-17(21)15-8-9-16(19)13(3)18(15,4)5/h6-7,10,13,15-16H,8-9,19H2,1-5H3,(H,20,21). The van der Waals surface area contributed by atoms with Crippen LogP contribution in [-0.4, -0.2) is 11.9 Å². The summed E-state index contributed by atoms with van der Waals surface area (Å²) in [7, 11) is 0. The maximum absolute atomic E-state index is 12.7. The molecular formula is C18H28N2O. The zero-order valence-electron chi connectivity index (χ0n) is 13.9. The van der Waals surface area contributed by atoms with Gasteiger partial charge in [0.2, 0.25) is 5.91 Å². The molecule has 3 heteroatoms. The van der Waals surface area contributed by atoms with E-state index in [2.05, 4.69) is 46.0 Å². The van der Waals surface area contributed by atoms with Crippen molar-refractivity contribution in [1.29, 1.82) is 0 Å². The Hall–Kier alpha value is -1.35. The number of nitrogens with two attached hydrogens (primary N) is 1. The van der Waals surface area contributed by atoms with Gasteiger partial charge in [-0.3, -0.25) is 4.79 Å². The highest BCUT2D eigenvalue weighted by atomic mass is 16.1. The quantitative estimate of drug-likeness (QED) is 0.873. The number of hydrogen-bond acceptors (Lipinski definition) is 2. The van der Waals surface area contributed by atoms with Crippen molar-refractivity contribution in [3.8, 4) is 0 Å². The molecule has 1 aliphatic rings. The number of benzene rings is 1. The first-order valence-corrected chi connectivity index (χ1v) is 7.87. The van der Waals surface area contributed by atoms with Crippen molar-refractivity contribution >= 4 is 11.6 Å². The monoisotopic (exact) mass is 288 g/mol. The van der Waals surface area contributed by atoms with Crippen LogP contribution in [0.4, 0.5) is 5.69 Å². The predicted molar refractivity (Wildman–Crippen MR) is 88.2 cm³/mol. The van der Waals surface area contributed by atoms with E-state index < -0.39 is 0 Å². The van der Waals surface area contributed by atoms with E-state index in [-0.39, 0.29) is 23.3 Å². The summed E-state index contributed by atoms with van der Waals surface area (Å²) >= 11 is 0. The van der Waals surface area contributed by atoms with Crippen molar-refractivity contribution < 1.29 is 4.79 Å². The molecule has 3 N–H and O–H groups in total. The third kappa shape index (κ3) is 3.13. The molecule has 2 rings (SSSR count). The lowest BCUT2D eigenvalue weighted by atomic mass is 9.61. The molecule has 0 saturated heterocycles. The first-order valence-electron chi connectivity index (χ1n) is 7.87. The second kappa shape index (κ2) is 5.80. The SMILES string of the molecule is Cc1ccc(NC(=O)C2CCC(N)C(C)C2(C)C)cc1C. The van der Waals surface area contributed by atoms with Crippen molar-refractivity contribution in [2.45, 2.75) is 53.5 Å². The van der Waals surface area contributed by atoms with Crippen LogP contribution in [0.1, 0.15) is 44.7 Å². The number of carbonyl (C=O) groups is 1. The van der Waals surface area contributed by atoms with Crippen LogP contribution in [0.3, 0.4) is 0 Å². The zero-order chi connectivity index (χ0) is 15.8. The van der Waals surface area contributed by atoms with E-state index in [1.54, 1.807) is 0 Å². The smallest absolute Gasteiger partial charge is 0.228 e. The number of nitrogens with one attached hydrogen (secondary N) is 1. The number of rotatable bonds is 2. The second-order valence-electron chi connectivity index (χ2n) is 7.19. The third-order valence-electron chi connectivity index (χ3n) is 5.59. The van der Waals surface area contributed by atoms with Crippen molar-refractivity contribution in [3.63, 3.8) is 0 Å². The number of aryl methyl sites for hydroxylation is 2. The first-order chi connectivity index (χ1) is 9.73. The summed E-state index contributed by atoms with van der Waals surface area (Å²) in [5, 5.41) is 3.09. The van der Waals surface area contributed by atoms with Gasteiger partial charge in [-0.25, -0.2) is 0 Å². The Bertz CT molecular complexity index is 536. The number of anilines is 1. The van der Waals surface area contributed by atoms with Crippen LogP contribution in [0.2, 0.25) is 0 Å². The van der Waals surface area contributed by atoms with E-state index >= 15 is 0 Å². The summed E-state index contributed by atoms with van der Waals surface area (Å²) in [6.07, 6.45) is 1.80. The van der Waals surface area contributed by atoms with E-state index in [0.29, 0.717) is 5.92 Å². The third-order valence-corrected chi connectivity index (χ3v) is 5.59. The van der Waals surface area contributed by atoms with E-state index in [0.717, 1.165) is 18.5 Å². The summed E-state index contributed by atoms with van der Waals surface area (Å²) in [5.41, 5.74) is 9.44. The lowest BCUT2D eigenvalue weighted by molar-refractivity contribution is -0.127. The Balaban J connectivity index is 2.14. The second-order valence-corrected chi connectivity index (χ2v) is 7.19. The molecular weight excluding hydrogens is 260 g/mol. The van der Waals surface area contributed by atoms with Gasteiger partial charge in [-0.05, 0) is 61.3 Å². The predicted octanol–water partition coefficient (Wildman–Crippen LogP) is 3.64. The minimum absolute atomic E-state index is 0.0221. The molecule has 3 nitrogen and oxygen atoms in total. The fraction of sp³-hybridized carbons (Fsp3) is 0.611. The Kier molecular flexibility index (Phi) is 4.43. The first kappa shape index (κ1) is 16.0. The van der Waals surface area contributed by atoms with Gasteiger partial charge >= 0.3 is 0 Å². The molecule has 0 spiro atoms. The van der Waals surface area contributed by atoms with Crippen LogP contribution in [-0.2, 0) is 4.79 Å². The minimum atomic E-state index is -0.0680. The lowest BCUT2D eigenvalue weighted by Gasteiger charge is -2.46.